The van der Waals surface area contributed by atoms with Crippen molar-refractivity contribution in [3.63, 3.8) is 0 Å². The summed E-state index contributed by atoms with van der Waals surface area (Å²) in [6.45, 7) is 5.25. The van der Waals surface area contributed by atoms with E-state index in [4.69, 9.17) is 4.52 Å². The van der Waals surface area contributed by atoms with Crippen molar-refractivity contribution >= 4 is 17.6 Å². The Balaban J connectivity index is 1.64. The molecule has 1 fully saturated rings. The number of nitrogens with one attached hydrogen (secondary N) is 1. The van der Waals surface area contributed by atoms with Gasteiger partial charge in [0, 0.05) is 19.2 Å². The maximum Gasteiger partial charge on any atom is 0.231 e. The summed E-state index contributed by atoms with van der Waals surface area (Å²) >= 11 is 0. The Morgan fingerprint density at radius 3 is 2.86 bits per heavy atom. The zero-order valence-electron chi connectivity index (χ0n) is 12.7. The molecule has 3 rings (SSSR count). The average Bonchev–Trinajstić information content (AvgIpc) is 2.93. The largest absolute Gasteiger partial charge is 0.354 e. The highest BCUT2D eigenvalue weighted by Crippen LogP contribution is 2.22. The molecule has 1 atom stereocenters. The van der Waals surface area contributed by atoms with Gasteiger partial charge in [-0.2, -0.15) is 5.10 Å². The van der Waals surface area contributed by atoms with Crippen LogP contribution >= 0.6 is 0 Å². The van der Waals surface area contributed by atoms with Gasteiger partial charge in [0.25, 0.3) is 0 Å². The Labute approximate surface area is 128 Å². The lowest BCUT2D eigenvalue weighted by Crippen LogP contribution is -2.41. The molecule has 2 aromatic heterocycles. The van der Waals surface area contributed by atoms with Crippen molar-refractivity contribution in [2.75, 3.05) is 23.3 Å². The van der Waals surface area contributed by atoms with Gasteiger partial charge in [-0.05, 0) is 38.8 Å². The Morgan fingerprint density at radius 1 is 1.32 bits per heavy atom. The Bertz CT molecular complexity index is 652. The first-order valence-corrected chi connectivity index (χ1v) is 7.41. The second kappa shape index (κ2) is 6.13. The smallest absolute Gasteiger partial charge is 0.231 e. The van der Waals surface area contributed by atoms with E-state index < -0.39 is 0 Å². The van der Waals surface area contributed by atoms with Crippen LogP contribution in [0.15, 0.2) is 22.7 Å². The van der Waals surface area contributed by atoms with Gasteiger partial charge in [0.15, 0.2) is 5.82 Å². The van der Waals surface area contributed by atoms with E-state index in [1.54, 1.807) is 6.07 Å². The highest BCUT2D eigenvalue weighted by atomic mass is 16.5. The van der Waals surface area contributed by atoms with E-state index >= 15 is 0 Å². The van der Waals surface area contributed by atoms with Crippen LogP contribution in [0.1, 0.15) is 24.2 Å². The van der Waals surface area contributed by atoms with Crippen molar-refractivity contribution in [1.29, 1.82) is 0 Å². The van der Waals surface area contributed by atoms with E-state index in [0.29, 0.717) is 12.4 Å². The molecule has 0 aliphatic carbocycles. The number of carbonyl (C=O) groups is 1. The minimum absolute atomic E-state index is 0.0408. The van der Waals surface area contributed by atoms with Crippen molar-refractivity contribution < 1.29 is 9.32 Å². The number of nitrogens with zero attached hydrogens (tertiary/aromatic N) is 4. The normalized spacial score (nSPS) is 18.3. The molecule has 0 saturated carbocycles. The lowest BCUT2D eigenvalue weighted by Gasteiger charge is -2.32. The molecule has 1 unspecified atom stereocenters. The van der Waals surface area contributed by atoms with E-state index in [9.17, 15) is 4.79 Å². The van der Waals surface area contributed by atoms with Gasteiger partial charge in [0.05, 0.1) is 17.3 Å². The molecule has 0 bridgehead atoms. The molecule has 7 nitrogen and oxygen atoms in total. The first-order chi connectivity index (χ1) is 10.6. The van der Waals surface area contributed by atoms with Gasteiger partial charge >= 0.3 is 0 Å². The predicted octanol–water partition coefficient (Wildman–Crippen LogP) is 1.94. The topological polar surface area (TPSA) is 84.2 Å². The molecule has 22 heavy (non-hydrogen) atoms. The quantitative estimate of drug-likeness (QED) is 0.932. The third-order valence-electron chi connectivity index (χ3n) is 3.77. The summed E-state index contributed by atoms with van der Waals surface area (Å²) in [4.78, 5) is 14.4. The number of hydrogen-bond acceptors (Lipinski definition) is 6. The monoisotopic (exact) mass is 301 g/mol. The zero-order valence-corrected chi connectivity index (χ0v) is 12.7. The van der Waals surface area contributed by atoms with Crippen molar-refractivity contribution in [1.82, 2.24) is 15.4 Å². The standard InChI is InChI=1S/C15H19N5O2/c1-10-5-6-13(18-17-10)20-7-3-4-12(9-20)15(21)16-14-8-11(2)19-22-14/h5-6,8,12H,3-4,7,9H2,1-2H3,(H,16,21). The SMILES string of the molecule is Cc1ccc(N2CCCC(C(=O)Nc3cc(C)no3)C2)nn1. The third kappa shape index (κ3) is 3.24. The number of amides is 1. The van der Waals surface area contributed by atoms with Crippen LogP contribution in [0.4, 0.5) is 11.7 Å². The first kappa shape index (κ1) is 14.5. The number of aromatic nitrogens is 3. The zero-order chi connectivity index (χ0) is 15.5. The second-order valence-electron chi connectivity index (χ2n) is 5.64. The van der Waals surface area contributed by atoms with Crippen LogP contribution in [0, 0.1) is 19.8 Å². The van der Waals surface area contributed by atoms with Crippen LogP contribution in [0.5, 0.6) is 0 Å². The molecule has 0 spiro atoms. The Morgan fingerprint density at radius 2 is 2.18 bits per heavy atom. The van der Waals surface area contributed by atoms with E-state index in [0.717, 1.165) is 36.6 Å². The highest BCUT2D eigenvalue weighted by molar-refractivity contribution is 5.91. The lowest BCUT2D eigenvalue weighted by atomic mass is 9.97. The molecule has 3 heterocycles. The van der Waals surface area contributed by atoms with E-state index in [1.807, 2.05) is 26.0 Å². The summed E-state index contributed by atoms with van der Waals surface area (Å²) in [6.07, 6.45) is 1.80. The van der Waals surface area contributed by atoms with Crippen LogP contribution in [-0.2, 0) is 4.79 Å². The van der Waals surface area contributed by atoms with Gasteiger partial charge in [-0.25, -0.2) is 0 Å². The Hall–Kier alpha value is -2.44. The number of piperidine rings is 1. The van der Waals surface area contributed by atoms with Crippen LogP contribution in [0.2, 0.25) is 0 Å². The molecule has 1 aliphatic heterocycles. The molecule has 116 valence electrons. The van der Waals surface area contributed by atoms with Crippen molar-refractivity contribution in [3.05, 3.63) is 29.6 Å². The molecular weight excluding hydrogens is 282 g/mol. The molecule has 7 heteroatoms. The number of carbonyl (C=O) groups excluding carboxylic acids is 1. The fraction of sp³-hybridized carbons (Fsp3) is 0.467. The van der Waals surface area contributed by atoms with Gasteiger partial charge in [0.1, 0.15) is 0 Å². The fourth-order valence-electron chi connectivity index (χ4n) is 2.61. The lowest BCUT2D eigenvalue weighted by molar-refractivity contribution is -0.120. The fourth-order valence-corrected chi connectivity index (χ4v) is 2.61. The van der Waals surface area contributed by atoms with Crippen LogP contribution in [0.3, 0.4) is 0 Å². The maximum absolute atomic E-state index is 12.3. The van der Waals surface area contributed by atoms with Crippen LogP contribution < -0.4 is 10.2 Å². The number of anilines is 2. The van der Waals surface area contributed by atoms with Crippen LogP contribution in [0.25, 0.3) is 0 Å². The molecule has 0 aromatic carbocycles. The summed E-state index contributed by atoms with van der Waals surface area (Å²) in [5, 5.41) is 14.8. The molecule has 2 aromatic rings. The molecule has 1 saturated heterocycles. The molecule has 0 radical (unpaired) electrons. The second-order valence-corrected chi connectivity index (χ2v) is 5.64. The number of aryl methyl sites for hydroxylation is 2. The molecule has 1 amide bonds. The summed E-state index contributed by atoms with van der Waals surface area (Å²) in [5.74, 6) is 1.08. The van der Waals surface area contributed by atoms with E-state index in [1.165, 1.54) is 0 Å². The minimum Gasteiger partial charge on any atom is -0.354 e. The van der Waals surface area contributed by atoms with Crippen molar-refractivity contribution in [2.24, 2.45) is 5.92 Å². The van der Waals surface area contributed by atoms with E-state index in [2.05, 4.69) is 25.6 Å². The number of rotatable bonds is 3. The summed E-state index contributed by atoms with van der Waals surface area (Å²) in [7, 11) is 0. The first-order valence-electron chi connectivity index (χ1n) is 7.41. The molecule has 1 aliphatic rings. The number of hydrogen-bond donors (Lipinski definition) is 1. The highest BCUT2D eigenvalue weighted by Gasteiger charge is 2.27. The average molecular weight is 301 g/mol. The summed E-state index contributed by atoms with van der Waals surface area (Å²) < 4.78 is 5.03. The summed E-state index contributed by atoms with van der Waals surface area (Å²) in [6, 6.07) is 5.59. The predicted molar refractivity (Wildman–Crippen MR) is 81.6 cm³/mol. The van der Waals surface area contributed by atoms with Crippen LogP contribution in [-0.4, -0.2) is 34.4 Å². The Kier molecular flexibility index (Phi) is 4.04. The van der Waals surface area contributed by atoms with Gasteiger partial charge in [0.2, 0.25) is 11.8 Å². The van der Waals surface area contributed by atoms with Crippen molar-refractivity contribution in [2.45, 2.75) is 26.7 Å². The van der Waals surface area contributed by atoms with Gasteiger partial charge < -0.3 is 9.42 Å². The third-order valence-corrected chi connectivity index (χ3v) is 3.77. The summed E-state index contributed by atoms with van der Waals surface area (Å²) in [5.41, 5.74) is 1.63. The molecular formula is C15H19N5O2. The van der Waals surface area contributed by atoms with Gasteiger partial charge in [-0.3, -0.25) is 10.1 Å². The molecule has 1 N–H and O–H groups in total. The van der Waals surface area contributed by atoms with E-state index in [-0.39, 0.29) is 11.8 Å². The maximum atomic E-state index is 12.3. The van der Waals surface area contributed by atoms with Gasteiger partial charge in [-0.15, -0.1) is 5.10 Å². The minimum atomic E-state index is -0.0951. The van der Waals surface area contributed by atoms with Gasteiger partial charge in [-0.1, -0.05) is 5.16 Å². The van der Waals surface area contributed by atoms with Crippen molar-refractivity contribution in [3.8, 4) is 0 Å².